The van der Waals surface area contributed by atoms with Gasteiger partial charge in [0.1, 0.15) is 0 Å². The number of aromatic nitrogens is 1. The summed E-state index contributed by atoms with van der Waals surface area (Å²) in [5.74, 6) is 0. The Morgan fingerprint density at radius 3 is 2.33 bits per heavy atom. The van der Waals surface area contributed by atoms with Crippen molar-refractivity contribution >= 4 is 0 Å². The summed E-state index contributed by atoms with van der Waals surface area (Å²) in [5.41, 5.74) is 0. The fourth-order valence-corrected chi connectivity index (χ4v) is 1.70. The summed E-state index contributed by atoms with van der Waals surface area (Å²) in [5, 5.41) is 3.36. The van der Waals surface area contributed by atoms with E-state index in [0.29, 0.717) is 0 Å². The van der Waals surface area contributed by atoms with Gasteiger partial charge < -0.3 is 11.3 Å². The van der Waals surface area contributed by atoms with Crippen molar-refractivity contribution < 1.29 is 20.3 Å². The Bertz CT molecular complexity index is 207. The van der Waals surface area contributed by atoms with Gasteiger partial charge in [-0.25, -0.2) is 0 Å². The molecule has 0 radical (unpaired) electrons. The quantitative estimate of drug-likeness (QED) is 0.494. The van der Waals surface area contributed by atoms with Crippen LogP contribution in [0.15, 0.2) is 24.5 Å². The minimum atomic E-state index is 0. The molecular formula is C9H15LiN2. The Kier molecular flexibility index (Phi) is 3.94. The molecular weight excluding hydrogens is 143 g/mol. The second kappa shape index (κ2) is 4.76. The Labute approximate surface area is 87.0 Å². The number of nitrogens with one attached hydrogen (secondary N) is 1. The van der Waals surface area contributed by atoms with Crippen molar-refractivity contribution in [2.75, 3.05) is 13.1 Å². The van der Waals surface area contributed by atoms with Crippen molar-refractivity contribution in [2.45, 2.75) is 18.9 Å². The third-order valence-corrected chi connectivity index (χ3v) is 2.36. The number of piperidine rings is 1. The normalized spacial score (nSPS) is 18.7. The summed E-state index contributed by atoms with van der Waals surface area (Å²) in [7, 11) is 0. The van der Waals surface area contributed by atoms with Crippen LogP contribution in [0.1, 0.15) is 20.3 Å². The maximum absolute atomic E-state index is 3.36. The summed E-state index contributed by atoms with van der Waals surface area (Å²) < 4.78 is 2.32. The molecule has 1 N–H and O–H groups in total. The van der Waals surface area contributed by atoms with Crippen LogP contribution in [-0.4, -0.2) is 17.7 Å². The molecule has 0 atom stereocenters. The van der Waals surface area contributed by atoms with Crippen LogP contribution in [0.3, 0.4) is 0 Å². The molecule has 1 aliphatic heterocycles. The van der Waals surface area contributed by atoms with Gasteiger partial charge in [0.2, 0.25) is 0 Å². The van der Waals surface area contributed by atoms with E-state index in [2.05, 4.69) is 34.4 Å². The molecule has 0 spiro atoms. The molecule has 12 heavy (non-hydrogen) atoms. The van der Waals surface area contributed by atoms with Crippen LogP contribution in [0.5, 0.6) is 0 Å². The zero-order valence-corrected chi connectivity index (χ0v) is 7.66. The number of hydrogen-bond donors (Lipinski definition) is 1. The van der Waals surface area contributed by atoms with Crippen LogP contribution in [-0.2, 0) is 0 Å². The standard InChI is InChI=1S/C9H14N2.Li.H/c1-2-8-11(7-1)9-3-5-10-6-4-9;;/h1-2,7-10H,3-6H2;;/q;+1;-1. The van der Waals surface area contributed by atoms with E-state index in [1.807, 2.05) is 0 Å². The minimum Gasteiger partial charge on any atom is -1.00 e. The molecule has 2 nitrogen and oxygen atoms in total. The molecule has 1 fully saturated rings. The van der Waals surface area contributed by atoms with Gasteiger partial charge >= 0.3 is 18.9 Å². The molecule has 1 saturated heterocycles. The third kappa shape index (κ3) is 2.17. The molecule has 0 amide bonds. The van der Waals surface area contributed by atoms with Gasteiger partial charge in [-0.05, 0) is 38.1 Å². The molecule has 1 aromatic heterocycles. The second-order valence-electron chi connectivity index (χ2n) is 3.11. The van der Waals surface area contributed by atoms with Gasteiger partial charge in [0, 0.05) is 18.4 Å². The zero-order chi connectivity index (χ0) is 7.52. The average molecular weight is 158 g/mol. The minimum absolute atomic E-state index is 0. The molecule has 0 bridgehead atoms. The van der Waals surface area contributed by atoms with Gasteiger partial charge in [0.25, 0.3) is 0 Å². The molecule has 62 valence electrons. The van der Waals surface area contributed by atoms with Crippen molar-refractivity contribution in [3.63, 3.8) is 0 Å². The summed E-state index contributed by atoms with van der Waals surface area (Å²) >= 11 is 0. The molecule has 2 heterocycles. The third-order valence-electron chi connectivity index (χ3n) is 2.36. The predicted octanol–water partition coefficient (Wildman–Crippen LogP) is -1.47. The zero-order valence-electron chi connectivity index (χ0n) is 8.66. The Morgan fingerprint density at radius 1 is 1.17 bits per heavy atom. The molecule has 0 aromatic carbocycles. The van der Waals surface area contributed by atoms with E-state index in [1.165, 1.54) is 25.9 Å². The van der Waals surface area contributed by atoms with Crippen molar-refractivity contribution in [1.82, 2.24) is 9.88 Å². The molecule has 2 rings (SSSR count). The summed E-state index contributed by atoms with van der Waals surface area (Å²) in [4.78, 5) is 0. The molecule has 1 aliphatic rings. The maximum Gasteiger partial charge on any atom is 1.00 e. The Hall–Kier alpha value is -0.163. The first-order valence-corrected chi connectivity index (χ1v) is 4.30. The second-order valence-corrected chi connectivity index (χ2v) is 3.11. The maximum atomic E-state index is 3.36. The van der Waals surface area contributed by atoms with Crippen molar-refractivity contribution in [3.05, 3.63) is 24.5 Å². The summed E-state index contributed by atoms with van der Waals surface area (Å²) in [6.07, 6.45) is 6.87. The topological polar surface area (TPSA) is 17.0 Å². The van der Waals surface area contributed by atoms with Crippen molar-refractivity contribution in [3.8, 4) is 0 Å². The van der Waals surface area contributed by atoms with E-state index in [4.69, 9.17) is 0 Å². The van der Waals surface area contributed by atoms with Gasteiger partial charge in [-0.3, -0.25) is 0 Å². The molecule has 3 heteroatoms. The SMILES string of the molecule is [H-].[Li+].c1ccn(C2CCNCC2)c1. The molecule has 0 saturated carbocycles. The smallest absolute Gasteiger partial charge is 1.00 e. The number of rotatable bonds is 1. The average Bonchev–Trinajstić information content (AvgIpc) is 2.58. The predicted molar refractivity (Wildman–Crippen MR) is 46.7 cm³/mol. The van der Waals surface area contributed by atoms with Crippen LogP contribution in [0.25, 0.3) is 0 Å². The number of nitrogens with zero attached hydrogens (tertiary/aromatic N) is 1. The van der Waals surface area contributed by atoms with E-state index in [1.54, 1.807) is 0 Å². The number of hydrogen-bond acceptors (Lipinski definition) is 1. The van der Waals surface area contributed by atoms with Crippen LogP contribution in [0, 0.1) is 0 Å². The fraction of sp³-hybridized carbons (Fsp3) is 0.556. The molecule has 0 unspecified atom stereocenters. The van der Waals surface area contributed by atoms with Gasteiger partial charge in [-0.1, -0.05) is 0 Å². The van der Waals surface area contributed by atoms with E-state index >= 15 is 0 Å². The van der Waals surface area contributed by atoms with Crippen LogP contribution < -0.4 is 24.2 Å². The van der Waals surface area contributed by atoms with Crippen LogP contribution >= 0.6 is 0 Å². The van der Waals surface area contributed by atoms with E-state index < -0.39 is 0 Å². The Morgan fingerprint density at radius 2 is 1.75 bits per heavy atom. The van der Waals surface area contributed by atoms with Crippen molar-refractivity contribution in [2.24, 2.45) is 0 Å². The monoisotopic (exact) mass is 158 g/mol. The summed E-state index contributed by atoms with van der Waals surface area (Å²) in [6.45, 7) is 2.34. The first-order valence-electron chi connectivity index (χ1n) is 4.30. The van der Waals surface area contributed by atoms with Crippen LogP contribution in [0.2, 0.25) is 0 Å². The Balaban J connectivity index is 0.000000720. The van der Waals surface area contributed by atoms with Crippen LogP contribution in [0.4, 0.5) is 0 Å². The summed E-state index contributed by atoms with van der Waals surface area (Å²) in [6, 6.07) is 4.94. The van der Waals surface area contributed by atoms with Crippen molar-refractivity contribution in [1.29, 1.82) is 0 Å². The van der Waals surface area contributed by atoms with E-state index in [0.717, 1.165) is 6.04 Å². The van der Waals surface area contributed by atoms with E-state index in [9.17, 15) is 0 Å². The largest absolute Gasteiger partial charge is 1.00 e. The van der Waals surface area contributed by atoms with E-state index in [-0.39, 0.29) is 20.3 Å². The first kappa shape index (κ1) is 9.92. The van der Waals surface area contributed by atoms with Gasteiger partial charge in [-0.2, -0.15) is 0 Å². The van der Waals surface area contributed by atoms with Gasteiger partial charge in [0.05, 0.1) is 0 Å². The fourth-order valence-electron chi connectivity index (χ4n) is 1.70. The molecule has 1 aromatic rings. The van der Waals surface area contributed by atoms with Gasteiger partial charge in [0.15, 0.2) is 0 Å². The van der Waals surface area contributed by atoms with Gasteiger partial charge in [-0.15, -0.1) is 0 Å². The molecule has 0 aliphatic carbocycles. The first-order chi connectivity index (χ1) is 5.47.